The van der Waals surface area contributed by atoms with Gasteiger partial charge in [-0.25, -0.2) is 12.2 Å². The molecule has 4 rings (SSSR count). The van der Waals surface area contributed by atoms with Gasteiger partial charge in [0.25, 0.3) is 0 Å². The van der Waals surface area contributed by atoms with Gasteiger partial charge in [-0.15, -0.1) is 40.5 Å². The number of hydrogen-bond donors (Lipinski definition) is 0. The summed E-state index contributed by atoms with van der Waals surface area (Å²) >= 11 is 0. The molecule has 0 N–H and O–H groups in total. The normalized spacial score (nSPS) is 11.9. The summed E-state index contributed by atoms with van der Waals surface area (Å²) in [6.07, 6.45) is 10.0. The molecule has 1 heteroatoms. The van der Waals surface area contributed by atoms with Crippen LogP contribution in [-0.4, -0.2) is 0 Å². The molecule has 0 nitrogen and oxygen atoms in total. The van der Waals surface area contributed by atoms with Crippen molar-refractivity contribution in [1.82, 2.24) is 0 Å². The number of hydrogen-bond acceptors (Lipinski definition) is 0. The number of rotatable bonds is 1. The van der Waals surface area contributed by atoms with Crippen LogP contribution in [0.15, 0.2) is 78.9 Å². The Labute approximate surface area is 151 Å². The molecule has 0 fully saturated rings. The van der Waals surface area contributed by atoms with E-state index >= 15 is 0 Å². The van der Waals surface area contributed by atoms with Crippen molar-refractivity contribution in [2.45, 2.75) is 13.3 Å². The van der Waals surface area contributed by atoms with E-state index in [0.29, 0.717) is 0 Å². The van der Waals surface area contributed by atoms with Crippen LogP contribution in [0.3, 0.4) is 0 Å². The first-order valence-electron chi connectivity index (χ1n) is 7.28. The minimum Gasteiger partial charge on any atom is -0.273 e. The zero-order valence-corrected chi connectivity index (χ0v) is 15.2. The van der Waals surface area contributed by atoms with Crippen LogP contribution in [0.1, 0.15) is 12.0 Å². The van der Waals surface area contributed by atoms with Gasteiger partial charge in [-0.3, -0.25) is 6.08 Å². The summed E-state index contributed by atoms with van der Waals surface area (Å²) in [4.78, 5) is 0. The Morgan fingerprint density at radius 3 is 2.27 bits per heavy atom. The van der Waals surface area contributed by atoms with E-state index in [2.05, 4.69) is 79.7 Å². The van der Waals surface area contributed by atoms with Gasteiger partial charge in [0.15, 0.2) is 0 Å². The SMILES string of the molecule is C[c-]1c(-c2ccccc2)cc2ccccc21.[C-]1=CC=CC1.[Zr+2]. The molecule has 0 heterocycles. The van der Waals surface area contributed by atoms with Gasteiger partial charge in [0.2, 0.25) is 0 Å². The van der Waals surface area contributed by atoms with E-state index in [9.17, 15) is 0 Å². The maximum absolute atomic E-state index is 2.99. The molecule has 0 aliphatic heterocycles. The zero-order valence-electron chi connectivity index (χ0n) is 12.7. The maximum atomic E-state index is 2.99. The summed E-state index contributed by atoms with van der Waals surface area (Å²) in [6.45, 7) is 2.20. The van der Waals surface area contributed by atoms with Gasteiger partial charge in [-0.2, -0.15) is 6.08 Å². The Balaban J connectivity index is 0.000000253. The Kier molecular flexibility index (Phi) is 6.22. The third-order valence-corrected chi connectivity index (χ3v) is 3.74. The minimum absolute atomic E-state index is 0. The molecule has 0 amide bonds. The van der Waals surface area contributed by atoms with Crippen LogP contribution >= 0.6 is 0 Å². The largest absolute Gasteiger partial charge is 2.00 e. The molecule has 0 aromatic heterocycles. The second-order valence-corrected chi connectivity index (χ2v) is 5.14. The summed E-state index contributed by atoms with van der Waals surface area (Å²) in [5.74, 6) is 0. The van der Waals surface area contributed by atoms with Crippen LogP contribution in [0.4, 0.5) is 0 Å². The second-order valence-electron chi connectivity index (χ2n) is 5.14. The van der Waals surface area contributed by atoms with Crippen molar-refractivity contribution in [3.63, 3.8) is 0 Å². The molecule has 0 radical (unpaired) electrons. The summed E-state index contributed by atoms with van der Waals surface area (Å²) in [5, 5.41) is 2.69. The zero-order chi connectivity index (χ0) is 14.5. The molecule has 0 bridgehead atoms. The van der Waals surface area contributed by atoms with Gasteiger partial charge in [0.05, 0.1) is 0 Å². The molecular weight excluding hydrogens is 343 g/mol. The smallest absolute Gasteiger partial charge is 0.273 e. The molecule has 1 aliphatic carbocycles. The third kappa shape index (κ3) is 3.78. The molecule has 3 aromatic rings. The third-order valence-electron chi connectivity index (χ3n) is 3.74. The number of allylic oxidation sites excluding steroid dienone is 4. The number of benzene rings is 2. The van der Waals surface area contributed by atoms with Crippen molar-refractivity contribution in [2.75, 3.05) is 0 Å². The first kappa shape index (κ1) is 16.8. The number of aryl methyl sites for hydroxylation is 1. The van der Waals surface area contributed by atoms with E-state index in [1.807, 2.05) is 12.2 Å². The number of fused-ring (bicyclic) bond motifs is 1. The maximum Gasteiger partial charge on any atom is 2.00 e. The van der Waals surface area contributed by atoms with Crippen LogP contribution in [0.25, 0.3) is 21.9 Å². The van der Waals surface area contributed by atoms with Crippen LogP contribution in [-0.2, 0) is 26.2 Å². The first-order chi connectivity index (χ1) is 10.4. The van der Waals surface area contributed by atoms with E-state index in [1.54, 1.807) is 0 Å². The average Bonchev–Trinajstić information content (AvgIpc) is 3.21. The average molecular weight is 362 g/mol. The van der Waals surface area contributed by atoms with Gasteiger partial charge in [-0.1, -0.05) is 61.0 Å². The first-order valence-corrected chi connectivity index (χ1v) is 7.28. The summed E-state index contributed by atoms with van der Waals surface area (Å²) in [6, 6.07) is 21.4. The van der Waals surface area contributed by atoms with E-state index < -0.39 is 0 Å². The standard InChI is InChI=1S/C16H13.C5H5.Zr/c1-12-15-10-6-5-9-14(15)11-16(12)13-7-3-2-4-8-13;1-2-4-5-3-1;/h2-11H,1H3;1-3H,4H2;/q2*-1;+2. The molecule has 0 atom stereocenters. The Hall–Kier alpha value is -1.59. The summed E-state index contributed by atoms with van der Waals surface area (Å²) in [7, 11) is 0. The Bertz CT molecular complexity index is 766. The fraction of sp³-hybridized carbons (Fsp3) is 0.0952. The molecule has 3 aromatic carbocycles. The van der Waals surface area contributed by atoms with Crippen molar-refractivity contribution in [1.29, 1.82) is 0 Å². The van der Waals surface area contributed by atoms with Gasteiger partial charge in [0, 0.05) is 0 Å². The van der Waals surface area contributed by atoms with Gasteiger partial charge >= 0.3 is 26.2 Å². The predicted molar refractivity (Wildman–Crippen MR) is 91.3 cm³/mol. The van der Waals surface area contributed by atoms with Crippen LogP contribution < -0.4 is 0 Å². The van der Waals surface area contributed by atoms with Crippen molar-refractivity contribution in [3.05, 3.63) is 90.5 Å². The summed E-state index contributed by atoms with van der Waals surface area (Å²) < 4.78 is 0. The quantitative estimate of drug-likeness (QED) is 0.478. The fourth-order valence-corrected chi connectivity index (χ4v) is 2.63. The Morgan fingerprint density at radius 2 is 1.68 bits per heavy atom. The molecule has 0 unspecified atom stereocenters. The molecule has 1 aliphatic rings. The topological polar surface area (TPSA) is 0 Å². The molecule has 0 saturated carbocycles. The van der Waals surface area contributed by atoms with E-state index in [0.717, 1.165) is 6.42 Å². The van der Waals surface area contributed by atoms with Gasteiger partial charge in [-0.05, 0) is 0 Å². The van der Waals surface area contributed by atoms with Crippen LogP contribution in [0.5, 0.6) is 0 Å². The van der Waals surface area contributed by atoms with Crippen molar-refractivity contribution in [2.24, 2.45) is 0 Å². The predicted octanol–water partition coefficient (Wildman–Crippen LogP) is 5.84. The monoisotopic (exact) mass is 360 g/mol. The van der Waals surface area contributed by atoms with Crippen LogP contribution in [0, 0.1) is 13.0 Å². The minimum atomic E-state index is 0. The second kappa shape index (κ2) is 8.15. The van der Waals surface area contributed by atoms with Crippen LogP contribution in [0.2, 0.25) is 0 Å². The Morgan fingerprint density at radius 1 is 0.955 bits per heavy atom. The molecule has 106 valence electrons. The molecule has 0 spiro atoms. The summed E-state index contributed by atoms with van der Waals surface area (Å²) in [5.41, 5.74) is 4.03. The van der Waals surface area contributed by atoms with Crippen molar-refractivity contribution in [3.8, 4) is 11.1 Å². The van der Waals surface area contributed by atoms with Gasteiger partial charge < -0.3 is 0 Å². The van der Waals surface area contributed by atoms with E-state index in [4.69, 9.17) is 0 Å². The molecular formula is C21H18Zr. The van der Waals surface area contributed by atoms with E-state index in [1.165, 1.54) is 27.5 Å². The molecule has 0 saturated heterocycles. The molecule has 22 heavy (non-hydrogen) atoms. The van der Waals surface area contributed by atoms with E-state index in [-0.39, 0.29) is 26.2 Å². The van der Waals surface area contributed by atoms with Crippen molar-refractivity contribution < 1.29 is 26.2 Å². The fourth-order valence-electron chi connectivity index (χ4n) is 2.63. The van der Waals surface area contributed by atoms with Crippen molar-refractivity contribution >= 4 is 10.8 Å². The van der Waals surface area contributed by atoms with Gasteiger partial charge in [0.1, 0.15) is 0 Å².